The number of aliphatic hydroxyl groups excluding tert-OH is 1. The number of benzene rings is 2. The fourth-order valence-electron chi connectivity index (χ4n) is 7.67. The molecule has 0 spiro atoms. The van der Waals surface area contributed by atoms with E-state index in [1.807, 2.05) is 69.3 Å². The summed E-state index contributed by atoms with van der Waals surface area (Å²) in [4.78, 5) is 40.0. The Bertz CT molecular complexity index is 1430. The number of likely N-dealkylation sites (tertiary alicyclic amines) is 1. The van der Waals surface area contributed by atoms with E-state index < -0.39 is 18.3 Å². The molecule has 4 N–H and O–H groups in total. The molecule has 3 aliphatic rings. The van der Waals surface area contributed by atoms with Crippen LogP contribution in [0.15, 0.2) is 48.5 Å². The van der Waals surface area contributed by atoms with Gasteiger partial charge in [-0.3, -0.25) is 14.5 Å². The molecule has 11 nitrogen and oxygen atoms in total. The van der Waals surface area contributed by atoms with E-state index in [2.05, 4.69) is 27.8 Å². The maximum Gasteiger partial charge on any atom is 0.325 e. The maximum atomic E-state index is 13.8. The summed E-state index contributed by atoms with van der Waals surface area (Å²) >= 11 is 0. The molecule has 0 radical (unpaired) electrons. The van der Waals surface area contributed by atoms with Crippen LogP contribution in [0.2, 0.25) is 0 Å². The van der Waals surface area contributed by atoms with Gasteiger partial charge in [-0.05, 0) is 76.0 Å². The van der Waals surface area contributed by atoms with Gasteiger partial charge in [0, 0.05) is 36.2 Å². The van der Waals surface area contributed by atoms with Gasteiger partial charge in [-0.15, -0.1) is 0 Å². The minimum Gasteiger partial charge on any atom is -0.465 e. The van der Waals surface area contributed by atoms with Gasteiger partial charge in [0.05, 0.1) is 31.5 Å². The molecule has 7 atom stereocenters. The quantitative estimate of drug-likeness (QED) is 0.234. The number of piperidine rings is 1. The molecule has 274 valence electrons. The third kappa shape index (κ3) is 9.84. The molecule has 2 heterocycles. The molecule has 50 heavy (non-hydrogen) atoms. The summed E-state index contributed by atoms with van der Waals surface area (Å²) < 4.78 is 18.4. The van der Waals surface area contributed by atoms with Gasteiger partial charge in [-0.25, -0.2) is 4.79 Å². The lowest BCUT2D eigenvalue weighted by Gasteiger charge is -2.51. The highest BCUT2D eigenvalue weighted by Gasteiger charge is 2.46. The van der Waals surface area contributed by atoms with Crippen LogP contribution in [0.4, 0.5) is 4.79 Å². The molecule has 11 heteroatoms. The van der Waals surface area contributed by atoms with Gasteiger partial charge in [0.25, 0.3) is 0 Å². The van der Waals surface area contributed by atoms with Crippen LogP contribution in [-0.4, -0.2) is 71.3 Å². The summed E-state index contributed by atoms with van der Waals surface area (Å²) in [6.07, 6.45) is 5.49. The summed E-state index contributed by atoms with van der Waals surface area (Å²) in [5.41, 5.74) is 3.26. The van der Waals surface area contributed by atoms with E-state index in [1.165, 1.54) is 19.3 Å². The standard InChI is InChI=1S/C39H56N4O7/c1-6-48-34(45)22-41-38(47)40-21-26-11-17-30(18-12-26)37-49-33(25(2)35(50-37)29-15-13-27(24-44)14-16-29)23-43-31-10-8-7-9-28(31)19-20-32(43)36(46)42-39(3,4)5/h11-18,25,28,31-33,35,37,44H,6-10,19-24H2,1-5H3,(H,42,46)(H2,40,41,47)/t25-,28+,31+,32+,33+,35+,37+/m0/s1. The first-order valence-corrected chi connectivity index (χ1v) is 18.3. The number of ether oxygens (including phenoxy) is 3. The first-order chi connectivity index (χ1) is 24.0. The molecule has 2 saturated heterocycles. The number of rotatable bonds is 11. The van der Waals surface area contributed by atoms with Gasteiger partial charge in [0.2, 0.25) is 5.91 Å². The molecule has 1 saturated carbocycles. The fourth-order valence-corrected chi connectivity index (χ4v) is 7.67. The Kier molecular flexibility index (Phi) is 12.9. The van der Waals surface area contributed by atoms with Gasteiger partial charge < -0.3 is 35.3 Å². The molecular formula is C39H56N4O7. The Balaban J connectivity index is 1.35. The molecule has 2 aromatic carbocycles. The van der Waals surface area contributed by atoms with E-state index >= 15 is 0 Å². The van der Waals surface area contributed by atoms with E-state index in [9.17, 15) is 19.5 Å². The number of carbonyl (C=O) groups excluding carboxylic acids is 3. The second-order valence-corrected chi connectivity index (χ2v) is 15.0. The average molecular weight is 693 g/mol. The van der Waals surface area contributed by atoms with Crippen LogP contribution < -0.4 is 16.0 Å². The molecule has 3 amide bonds. The van der Waals surface area contributed by atoms with Crippen molar-refractivity contribution in [3.8, 4) is 0 Å². The maximum absolute atomic E-state index is 13.8. The number of esters is 1. The predicted octanol–water partition coefficient (Wildman–Crippen LogP) is 5.27. The van der Waals surface area contributed by atoms with Crippen molar-refractivity contribution in [2.75, 3.05) is 19.7 Å². The highest BCUT2D eigenvalue weighted by Crippen LogP contribution is 2.44. The summed E-state index contributed by atoms with van der Waals surface area (Å²) in [6.45, 7) is 10.9. The largest absolute Gasteiger partial charge is 0.465 e. The Hall–Kier alpha value is -3.51. The van der Waals surface area contributed by atoms with Gasteiger partial charge in [-0.2, -0.15) is 0 Å². The van der Waals surface area contributed by atoms with Crippen LogP contribution in [0.3, 0.4) is 0 Å². The molecule has 0 bridgehead atoms. The van der Waals surface area contributed by atoms with Crippen LogP contribution >= 0.6 is 0 Å². The minimum atomic E-state index is -0.651. The fraction of sp³-hybridized carbons (Fsp3) is 0.615. The number of nitrogens with zero attached hydrogens (tertiary/aromatic N) is 1. The summed E-state index contributed by atoms with van der Waals surface area (Å²) in [6, 6.07) is 15.3. The van der Waals surface area contributed by atoms with Crippen LogP contribution in [0.25, 0.3) is 0 Å². The minimum absolute atomic E-state index is 0.0156. The zero-order valence-electron chi connectivity index (χ0n) is 30.3. The zero-order chi connectivity index (χ0) is 35.8. The topological polar surface area (TPSA) is 138 Å². The monoisotopic (exact) mass is 692 g/mol. The highest BCUT2D eigenvalue weighted by molar-refractivity contribution is 5.82. The first kappa shape index (κ1) is 37.7. The molecule has 0 aromatic heterocycles. The summed E-state index contributed by atoms with van der Waals surface area (Å²) in [7, 11) is 0. The van der Waals surface area contributed by atoms with Gasteiger partial charge >= 0.3 is 12.0 Å². The average Bonchev–Trinajstić information content (AvgIpc) is 3.10. The summed E-state index contributed by atoms with van der Waals surface area (Å²) in [5.74, 6) is 0.173. The van der Waals surface area contributed by atoms with Crippen molar-refractivity contribution in [2.45, 2.75) is 122 Å². The number of hydrogen-bond acceptors (Lipinski definition) is 8. The second kappa shape index (κ2) is 17.1. The van der Waals surface area contributed by atoms with Crippen LogP contribution in [0, 0.1) is 11.8 Å². The highest BCUT2D eigenvalue weighted by atomic mass is 16.7. The van der Waals surface area contributed by atoms with Gasteiger partial charge in [-0.1, -0.05) is 68.3 Å². The number of fused-ring (bicyclic) bond motifs is 1. The van der Waals surface area contributed by atoms with Crippen molar-refractivity contribution in [3.63, 3.8) is 0 Å². The number of carbonyl (C=O) groups is 3. The number of aliphatic hydroxyl groups is 1. The van der Waals surface area contributed by atoms with E-state index in [0.717, 1.165) is 41.5 Å². The van der Waals surface area contributed by atoms with Crippen molar-refractivity contribution < 1.29 is 33.7 Å². The lowest BCUT2D eigenvalue weighted by atomic mass is 9.75. The van der Waals surface area contributed by atoms with Crippen molar-refractivity contribution in [2.24, 2.45) is 11.8 Å². The van der Waals surface area contributed by atoms with Crippen molar-refractivity contribution in [1.82, 2.24) is 20.9 Å². The third-order valence-electron chi connectivity index (χ3n) is 10.2. The number of amides is 3. The molecule has 1 aliphatic carbocycles. The van der Waals surface area contributed by atoms with Crippen molar-refractivity contribution >= 4 is 17.9 Å². The normalized spacial score (nSPS) is 27.1. The van der Waals surface area contributed by atoms with Crippen molar-refractivity contribution in [1.29, 1.82) is 0 Å². The van der Waals surface area contributed by atoms with Crippen molar-refractivity contribution in [3.05, 3.63) is 70.8 Å². The number of hydrogen-bond donors (Lipinski definition) is 4. The smallest absolute Gasteiger partial charge is 0.325 e. The Morgan fingerprint density at radius 1 is 0.900 bits per heavy atom. The Morgan fingerprint density at radius 3 is 2.26 bits per heavy atom. The molecule has 5 rings (SSSR count). The Labute approximate surface area is 296 Å². The van der Waals surface area contributed by atoms with Gasteiger partial charge in [0.1, 0.15) is 6.54 Å². The number of urea groups is 1. The van der Waals surface area contributed by atoms with Crippen LogP contribution in [0.1, 0.15) is 108 Å². The third-order valence-corrected chi connectivity index (χ3v) is 10.2. The first-order valence-electron chi connectivity index (χ1n) is 18.3. The summed E-state index contributed by atoms with van der Waals surface area (Å²) in [5, 5.41) is 18.2. The number of nitrogens with one attached hydrogen (secondary N) is 3. The van der Waals surface area contributed by atoms with E-state index in [-0.39, 0.29) is 61.9 Å². The predicted molar refractivity (Wildman–Crippen MR) is 190 cm³/mol. The van der Waals surface area contributed by atoms with Crippen LogP contribution in [0.5, 0.6) is 0 Å². The zero-order valence-corrected chi connectivity index (χ0v) is 30.3. The van der Waals surface area contributed by atoms with Crippen LogP contribution in [-0.2, 0) is 37.0 Å². The SMILES string of the molecule is CCOC(=O)CNC(=O)NCc1ccc([C@@H]2O[C@H](CN3[C@@H](C(=O)NC(C)(C)C)CC[C@H]4CCCC[C@H]43)[C@H](C)[C@H](c3ccc(CO)cc3)O2)cc1. The molecule has 2 aromatic rings. The van der Waals surface area contributed by atoms with E-state index in [4.69, 9.17) is 14.2 Å². The van der Waals surface area contributed by atoms with E-state index in [1.54, 1.807) is 6.92 Å². The Morgan fingerprint density at radius 2 is 1.58 bits per heavy atom. The molecular weight excluding hydrogens is 636 g/mol. The molecule has 3 fully saturated rings. The van der Waals surface area contributed by atoms with Gasteiger partial charge in [0.15, 0.2) is 6.29 Å². The second-order valence-electron chi connectivity index (χ2n) is 15.0. The molecule has 0 unspecified atom stereocenters. The molecule has 2 aliphatic heterocycles. The lowest BCUT2D eigenvalue weighted by Crippen LogP contribution is -2.61. The lowest BCUT2D eigenvalue weighted by molar-refractivity contribution is -0.278. The van der Waals surface area contributed by atoms with E-state index in [0.29, 0.717) is 18.5 Å².